The van der Waals surface area contributed by atoms with Gasteiger partial charge in [0.05, 0.1) is 5.02 Å². The van der Waals surface area contributed by atoms with Gasteiger partial charge < -0.3 is 9.83 Å². The fourth-order valence-corrected chi connectivity index (χ4v) is 3.12. The Morgan fingerprint density at radius 1 is 1.15 bits per heavy atom. The van der Waals surface area contributed by atoms with Gasteiger partial charge in [0.1, 0.15) is 4.60 Å². The first-order valence-corrected chi connectivity index (χ1v) is 8.24. The summed E-state index contributed by atoms with van der Waals surface area (Å²) in [5, 5.41) is 11.2. The summed E-state index contributed by atoms with van der Waals surface area (Å²) in [5.74, 6) is 0.927. The molecule has 0 aliphatic carbocycles. The summed E-state index contributed by atoms with van der Waals surface area (Å²) >= 11 is 22.2. The number of nitrogens with zero attached hydrogens (tertiary/aromatic N) is 1. The van der Waals surface area contributed by atoms with Crippen LogP contribution in [-0.4, -0.2) is 10.1 Å². The van der Waals surface area contributed by atoms with Gasteiger partial charge in [0.2, 0.25) is 0 Å². The van der Waals surface area contributed by atoms with Gasteiger partial charge in [-0.05, 0) is 51.6 Å². The molecule has 0 saturated heterocycles. The predicted octanol–water partition coefficient (Wildman–Crippen LogP) is 5.77. The quantitative estimate of drug-likeness (QED) is 0.492. The van der Waals surface area contributed by atoms with Crippen LogP contribution in [0.25, 0.3) is 0 Å². The third-order valence-electron chi connectivity index (χ3n) is 2.24. The Morgan fingerprint density at radius 3 is 2.45 bits per heavy atom. The number of nitrogens with one attached hydrogen (secondary N) is 1. The molecule has 0 spiro atoms. The van der Waals surface area contributed by atoms with Crippen molar-refractivity contribution in [3.8, 4) is 5.75 Å². The first-order chi connectivity index (χ1) is 9.45. The number of benzene rings is 1. The van der Waals surface area contributed by atoms with Crippen molar-refractivity contribution in [2.24, 2.45) is 0 Å². The predicted molar refractivity (Wildman–Crippen MR) is 90.0 cm³/mol. The molecular weight excluding hydrogens is 406 g/mol. The van der Waals surface area contributed by atoms with E-state index >= 15 is 0 Å². The summed E-state index contributed by atoms with van der Waals surface area (Å²) in [5.41, 5.74) is 0.965. The van der Waals surface area contributed by atoms with E-state index in [2.05, 4.69) is 25.6 Å². The largest absolute Gasteiger partial charge is 0.504 e. The summed E-state index contributed by atoms with van der Waals surface area (Å²) in [4.78, 5) is 4.09. The average Bonchev–Trinajstić information content (AvgIpc) is 2.34. The van der Waals surface area contributed by atoms with Crippen molar-refractivity contribution in [1.82, 2.24) is 4.98 Å². The Balaban J connectivity index is 2.01. The molecule has 0 radical (unpaired) electrons. The van der Waals surface area contributed by atoms with E-state index in [4.69, 9.17) is 34.8 Å². The van der Waals surface area contributed by atoms with Crippen LogP contribution in [0, 0.1) is 0 Å². The molecule has 0 atom stereocenters. The third kappa shape index (κ3) is 4.33. The van der Waals surface area contributed by atoms with Gasteiger partial charge in [0.25, 0.3) is 0 Å². The minimum atomic E-state index is -0.0187. The van der Waals surface area contributed by atoms with Crippen molar-refractivity contribution in [1.29, 1.82) is 0 Å². The van der Waals surface area contributed by atoms with Crippen LogP contribution in [0.5, 0.6) is 5.75 Å². The molecule has 0 unspecified atom stereocenters. The normalized spacial score (nSPS) is 10.6. The molecule has 0 aliphatic rings. The first-order valence-electron chi connectivity index (χ1n) is 5.33. The third-order valence-corrected chi connectivity index (χ3v) is 4.62. The molecule has 2 N–H and O–H groups in total. The second kappa shape index (κ2) is 7.09. The Labute approximate surface area is 143 Å². The van der Waals surface area contributed by atoms with Crippen LogP contribution in [0.4, 0.5) is 5.82 Å². The molecule has 1 heterocycles. The number of hydrogen-bond donors (Lipinski definition) is 2. The Morgan fingerprint density at radius 2 is 1.80 bits per heavy atom. The second-order valence-electron chi connectivity index (χ2n) is 3.80. The molecule has 1 aromatic carbocycles. The second-order valence-corrected chi connectivity index (χ2v) is 6.61. The molecule has 0 aliphatic heterocycles. The lowest BCUT2D eigenvalue weighted by molar-refractivity contribution is 0.475. The molecule has 2 rings (SSSR count). The maximum absolute atomic E-state index is 9.72. The summed E-state index contributed by atoms with van der Waals surface area (Å²) < 4.78 is 3.41. The minimum absolute atomic E-state index is 0.0187. The molecule has 2 aromatic rings. The smallest absolute Gasteiger partial charge is 0.179 e. The van der Waals surface area contributed by atoms with Crippen LogP contribution in [0.2, 0.25) is 15.1 Å². The lowest BCUT2D eigenvalue weighted by atomic mass is 10.2. The highest BCUT2D eigenvalue weighted by atomic mass is 79.9. The highest BCUT2D eigenvalue weighted by Crippen LogP contribution is 2.32. The summed E-state index contributed by atoms with van der Waals surface area (Å²) in [7, 11) is 0. The van der Waals surface area contributed by atoms with Gasteiger partial charge in [-0.3, -0.25) is 0 Å². The monoisotopic (exact) mass is 412 g/mol. The maximum Gasteiger partial charge on any atom is 0.179 e. The molecule has 0 fully saturated rings. The zero-order chi connectivity index (χ0) is 14.7. The number of aromatic hydroxyl groups is 1. The summed E-state index contributed by atoms with van der Waals surface area (Å²) in [6, 6.07) is 6.74. The number of aromatic nitrogens is 1. The van der Waals surface area contributed by atoms with Crippen LogP contribution < -0.4 is 4.72 Å². The van der Waals surface area contributed by atoms with Crippen molar-refractivity contribution in [3.63, 3.8) is 0 Å². The SMILES string of the molecule is Oc1cc(Cl)c(Br)nc1NSCc1cc(Cl)cc(Cl)c1. The van der Waals surface area contributed by atoms with Gasteiger partial charge in [0, 0.05) is 21.9 Å². The zero-order valence-corrected chi connectivity index (χ0v) is 14.5. The molecular formula is C12H8BrCl3N2OS. The van der Waals surface area contributed by atoms with Gasteiger partial charge in [0.15, 0.2) is 11.6 Å². The number of anilines is 1. The highest BCUT2D eigenvalue weighted by Gasteiger charge is 2.08. The lowest BCUT2D eigenvalue weighted by Crippen LogP contribution is -1.93. The van der Waals surface area contributed by atoms with Crippen molar-refractivity contribution in [2.75, 3.05) is 4.72 Å². The molecule has 106 valence electrons. The van der Waals surface area contributed by atoms with Crippen molar-refractivity contribution in [3.05, 3.63) is 49.5 Å². The first kappa shape index (κ1) is 16.0. The molecule has 1 aromatic heterocycles. The summed E-state index contributed by atoms with van der Waals surface area (Å²) in [6.07, 6.45) is 0. The standard InChI is InChI=1S/C12H8BrCl3N2OS/c13-11-9(16)4-10(19)12(17-11)18-20-5-6-1-7(14)3-8(15)2-6/h1-4,19H,5H2,(H,17,18). The molecule has 0 saturated carbocycles. The van der Waals surface area contributed by atoms with Gasteiger partial charge >= 0.3 is 0 Å². The van der Waals surface area contributed by atoms with Gasteiger partial charge in [-0.25, -0.2) is 4.98 Å². The van der Waals surface area contributed by atoms with Crippen LogP contribution in [0.1, 0.15) is 5.56 Å². The van der Waals surface area contributed by atoms with E-state index in [1.54, 1.807) is 6.07 Å². The summed E-state index contributed by atoms with van der Waals surface area (Å²) in [6.45, 7) is 0. The molecule has 0 amide bonds. The van der Waals surface area contributed by atoms with Crippen LogP contribution in [0.15, 0.2) is 28.9 Å². The number of halogens is 4. The van der Waals surface area contributed by atoms with Crippen molar-refractivity contribution in [2.45, 2.75) is 5.75 Å². The van der Waals surface area contributed by atoms with Crippen LogP contribution in [0.3, 0.4) is 0 Å². The maximum atomic E-state index is 9.72. The number of rotatable bonds is 4. The van der Waals surface area contributed by atoms with E-state index in [-0.39, 0.29) is 5.75 Å². The minimum Gasteiger partial charge on any atom is -0.504 e. The molecule has 3 nitrogen and oxygen atoms in total. The van der Waals surface area contributed by atoms with Gasteiger partial charge in [-0.1, -0.05) is 34.8 Å². The van der Waals surface area contributed by atoms with Gasteiger partial charge in [-0.2, -0.15) is 0 Å². The fraction of sp³-hybridized carbons (Fsp3) is 0.0833. The fourth-order valence-electron chi connectivity index (χ4n) is 1.41. The van der Waals surface area contributed by atoms with Crippen LogP contribution in [-0.2, 0) is 5.75 Å². The molecule has 20 heavy (non-hydrogen) atoms. The van der Waals surface area contributed by atoms with Gasteiger partial charge in [-0.15, -0.1) is 0 Å². The lowest BCUT2D eigenvalue weighted by Gasteiger charge is -2.08. The van der Waals surface area contributed by atoms with E-state index < -0.39 is 0 Å². The Hall–Kier alpha value is -0.330. The topological polar surface area (TPSA) is 45.2 Å². The molecule has 0 bridgehead atoms. The number of pyridine rings is 1. The zero-order valence-electron chi connectivity index (χ0n) is 9.83. The Kier molecular flexibility index (Phi) is 5.69. The van der Waals surface area contributed by atoms with E-state index in [9.17, 15) is 5.11 Å². The molecule has 8 heteroatoms. The van der Waals surface area contributed by atoms with E-state index in [1.807, 2.05) is 12.1 Å². The highest BCUT2D eigenvalue weighted by molar-refractivity contribution is 9.10. The van der Waals surface area contributed by atoms with E-state index in [0.29, 0.717) is 31.2 Å². The van der Waals surface area contributed by atoms with E-state index in [1.165, 1.54) is 18.0 Å². The average molecular weight is 415 g/mol. The Bertz CT molecular complexity index is 622. The van der Waals surface area contributed by atoms with Crippen LogP contribution >= 0.6 is 62.7 Å². The van der Waals surface area contributed by atoms with E-state index in [0.717, 1.165) is 5.56 Å². The van der Waals surface area contributed by atoms with Crippen molar-refractivity contribution < 1.29 is 5.11 Å². The number of hydrogen-bond acceptors (Lipinski definition) is 4. The van der Waals surface area contributed by atoms with Crippen molar-refractivity contribution >= 4 is 68.5 Å².